The van der Waals surface area contributed by atoms with Crippen LogP contribution < -0.4 is 0 Å². The molecule has 4 rings (SSSR count). The van der Waals surface area contributed by atoms with E-state index < -0.39 is 18.1 Å². The number of carboxylic acid groups (broad SMARTS) is 2. The fourth-order valence-electron chi connectivity index (χ4n) is 3.60. The number of rotatable bonds is 4. The van der Waals surface area contributed by atoms with Gasteiger partial charge in [0.15, 0.2) is 5.58 Å². The van der Waals surface area contributed by atoms with Crippen LogP contribution in [0.5, 0.6) is 0 Å². The van der Waals surface area contributed by atoms with Crippen molar-refractivity contribution >= 4 is 22.9 Å². The second-order valence-corrected chi connectivity index (χ2v) is 7.56. The minimum atomic E-state index is -5.08. The number of hydrogen-bond acceptors (Lipinski definition) is 5. The average Bonchev–Trinajstić information content (AvgIpc) is 3.17. The summed E-state index contributed by atoms with van der Waals surface area (Å²) in [6.45, 7) is 2.67. The highest BCUT2D eigenvalue weighted by Crippen LogP contribution is 2.33. The molecule has 0 atom stereocenters. The summed E-state index contributed by atoms with van der Waals surface area (Å²) in [7, 11) is 0. The zero-order valence-electron chi connectivity index (χ0n) is 17.2. The van der Waals surface area contributed by atoms with E-state index in [4.69, 9.17) is 19.5 Å². The minimum absolute atomic E-state index is 0.307. The number of nitrogens with zero attached hydrogens (tertiary/aromatic N) is 2. The lowest BCUT2D eigenvalue weighted by Crippen LogP contribution is -2.32. The summed E-state index contributed by atoms with van der Waals surface area (Å²) >= 11 is 0. The fourth-order valence-corrected chi connectivity index (χ4v) is 3.60. The zero-order chi connectivity index (χ0) is 24.2. The molecule has 1 aromatic heterocycles. The summed E-state index contributed by atoms with van der Waals surface area (Å²) in [4.78, 5) is 22.2. The van der Waals surface area contributed by atoms with Gasteiger partial charge in [0.25, 0.3) is 0 Å². The first-order valence-corrected chi connectivity index (χ1v) is 9.94. The van der Waals surface area contributed by atoms with Gasteiger partial charge in [-0.1, -0.05) is 17.3 Å². The molecule has 2 N–H and O–H groups in total. The van der Waals surface area contributed by atoms with Crippen LogP contribution >= 0.6 is 0 Å². The summed E-state index contributed by atoms with van der Waals surface area (Å²) in [5.74, 6) is -3.67. The normalized spacial score (nSPS) is 15.2. The Labute approximate surface area is 185 Å². The van der Waals surface area contributed by atoms with E-state index in [0.717, 1.165) is 49.1 Å². The van der Waals surface area contributed by atoms with Crippen molar-refractivity contribution in [2.45, 2.75) is 31.5 Å². The van der Waals surface area contributed by atoms with Crippen molar-refractivity contribution < 1.29 is 41.9 Å². The number of benzene rings is 2. The molecule has 3 aromatic rings. The number of aliphatic carboxylic acids is 1. The number of carbonyl (C=O) groups is 2. The summed E-state index contributed by atoms with van der Waals surface area (Å²) in [5.41, 5.74) is 2.84. The maximum atomic E-state index is 13.3. The van der Waals surface area contributed by atoms with Gasteiger partial charge >= 0.3 is 18.1 Å². The molecule has 0 spiro atoms. The fraction of sp³-hybridized carbons (Fsp3) is 0.318. The van der Waals surface area contributed by atoms with Crippen LogP contribution in [0.4, 0.5) is 17.6 Å². The number of aromatic carboxylic acids is 1. The van der Waals surface area contributed by atoms with Crippen LogP contribution in [0.3, 0.4) is 0 Å². The summed E-state index contributed by atoms with van der Waals surface area (Å²) in [5, 5.41) is 21.2. The van der Waals surface area contributed by atoms with Crippen molar-refractivity contribution in [2.75, 3.05) is 13.1 Å². The molecule has 176 valence electrons. The van der Waals surface area contributed by atoms with Gasteiger partial charge in [-0.3, -0.25) is 4.90 Å². The van der Waals surface area contributed by atoms with Crippen LogP contribution in [-0.2, 0) is 11.3 Å². The van der Waals surface area contributed by atoms with Crippen molar-refractivity contribution in [1.29, 1.82) is 0 Å². The number of hydrogen-bond donors (Lipinski definition) is 2. The van der Waals surface area contributed by atoms with Crippen LogP contribution in [0.15, 0.2) is 47.0 Å². The number of fused-ring (bicyclic) bond motifs is 1. The molecule has 33 heavy (non-hydrogen) atoms. The van der Waals surface area contributed by atoms with E-state index in [1.807, 2.05) is 12.1 Å². The van der Waals surface area contributed by atoms with Crippen molar-refractivity contribution in [3.63, 3.8) is 0 Å². The number of halogens is 4. The average molecular weight is 468 g/mol. The topological polar surface area (TPSA) is 104 Å². The Morgan fingerprint density at radius 3 is 2.21 bits per heavy atom. The van der Waals surface area contributed by atoms with Gasteiger partial charge in [-0.05, 0) is 55.8 Å². The van der Waals surface area contributed by atoms with Crippen LogP contribution in [0, 0.1) is 5.82 Å². The molecule has 2 heterocycles. The first-order valence-electron chi connectivity index (χ1n) is 9.94. The van der Waals surface area contributed by atoms with E-state index in [9.17, 15) is 22.4 Å². The molecule has 11 heteroatoms. The first-order chi connectivity index (χ1) is 15.5. The standard InChI is InChI=1S/C20H19FN2O3.C2HF3O2/c21-16-5-6-17-18(11-16)26-22-19(17)14-7-9-23(10-8-14)12-13-1-3-15(4-2-13)20(24)25;3-2(4,5)1(6)7/h1-6,11,14H,7-10,12H2,(H,24,25);(H,6,7). The van der Waals surface area contributed by atoms with Crippen molar-refractivity contribution in [1.82, 2.24) is 10.1 Å². The van der Waals surface area contributed by atoms with Crippen LogP contribution in [0.1, 0.15) is 40.4 Å². The molecule has 1 fully saturated rings. The molecule has 2 aromatic carbocycles. The van der Waals surface area contributed by atoms with Gasteiger partial charge in [0.1, 0.15) is 5.82 Å². The molecule has 0 amide bonds. The molecule has 0 unspecified atom stereocenters. The molecule has 1 saturated heterocycles. The van der Waals surface area contributed by atoms with Gasteiger partial charge in [0.05, 0.1) is 11.3 Å². The van der Waals surface area contributed by atoms with E-state index in [2.05, 4.69) is 10.1 Å². The maximum absolute atomic E-state index is 13.3. The van der Waals surface area contributed by atoms with Gasteiger partial charge in [0, 0.05) is 23.9 Å². The number of likely N-dealkylation sites (tertiary alicyclic amines) is 1. The Hall–Kier alpha value is -3.47. The lowest BCUT2D eigenvalue weighted by atomic mass is 9.91. The predicted molar refractivity (Wildman–Crippen MR) is 108 cm³/mol. The third-order valence-corrected chi connectivity index (χ3v) is 5.29. The van der Waals surface area contributed by atoms with Crippen molar-refractivity contribution in [2.24, 2.45) is 0 Å². The van der Waals surface area contributed by atoms with E-state index in [0.29, 0.717) is 17.1 Å². The SMILES string of the molecule is O=C(O)C(F)(F)F.O=C(O)c1ccc(CN2CCC(c3noc4cc(F)ccc34)CC2)cc1. The molecule has 7 nitrogen and oxygen atoms in total. The van der Waals surface area contributed by atoms with Crippen LogP contribution in [0.2, 0.25) is 0 Å². The second-order valence-electron chi connectivity index (χ2n) is 7.56. The van der Waals surface area contributed by atoms with Crippen LogP contribution in [0.25, 0.3) is 11.0 Å². The number of carboxylic acids is 2. The van der Waals surface area contributed by atoms with Gasteiger partial charge in [0.2, 0.25) is 0 Å². The van der Waals surface area contributed by atoms with Crippen LogP contribution in [-0.4, -0.2) is 51.5 Å². The Morgan fingerprint density at radius 1 is 1.06 bits per heavy atom. The molecule has 0 radical (unpaired) electrons. The molecular weight excluding hydrogens is 448 g/mol. The Balaban J connectivity index is 0.000000383. The Kier molecular flexibility index (Phi) is 7.32. The monoisotopic (exact) mass is 468 g/mol. The predicted octanol–water partition coefficient (Wildman–Crippen LogP) is 4.68. The van der Waals surface area contributed by atoms with Gasteiger partial charge in [-0.2, -0.15) is 13.2 Å². The van der Waals surface area contributed by atoms with E-state index in [-0.39, 0.29) is 5.82 Å². The zero-order valence-corrected chi connectivity index (χ0v) is 17.2. The molecule has 1 aliphatic heterocycles. The van der Waals surface area contributed by atoms with Crippen molar-refractivity contribution in [3.05, 3.63) is 65.1 Å². The quantitative estimate of drug-likeness (QED) is 0.536. The minimum Gasteiger partial charge on any atom is -0.478 e. The highest BCUT2D eigenvalue weighted by Gasteiger charge is 2.38. The lowest BCUT2D eigenvalue weighted by molar-refractivity contribution is -0.192. The van der Waals surface area contributed by atoms with E-state index >= 15 is 0 Å². The second kappa shape index (κ2) is 9.99. The lowest BCUT2D eigenvalue weighted by Gasteiger charge is -2.31. The molecule has 1 aliphatic rings. The van der Waals surface area contributed by atoms with E-state index in [1.165, 1.54) is 12.1 Å². The Bertz CT molecular complexity index is 1120. The maximum Gasteiger partial charge on any atom is 0.490 e. The number of alkyl halides is 3. The summed E-state index contributed by atoms with van der Waals surface area (Å²) in [6, 6.07) is 11.6. The molecular formula is C22H20F4N2O5. The number of piperidine rings is 1. The molecule has 0 bridgehead atoms. The Morgan fingerprint density at radius 2 is 1.67 bits per heavy atom. The van der Waals surface area contributed by atoms with Gasteiger partial charge < -0.3 is 14.7 Å². The highest BCUT2D eigenvalue weighted by atomic mass is 19.4. The third-order valence-electron chi connectivity index (χ3n) is 5.29. The van der Waals surface area contributed by atoms with Gasteiger partial charge in [-0.15, -0.1) is 0 Å². The highest BCUT2D eigenvalue weighted by molar-refractivity contribution is 5.87. The number of aromatic nitrogens is 1. The third kappa shape index (κ3) is 6.28. The summed E-state index contributed by atoms with van der Waals surface area (Å²) < 4.78 is 50.3. The molecule has 0 aliphatic carbocycles. The molecule has 0 saturated carbocycles. The van der Waals surface area contributed by atoms with Gasteiger partial charge in [-0.25, -0.2) is 14.0 Å². The first kappa shape index (κ1) is 24.2. The summed E-state index contributed by atoms with van der Waals surface area (Å²) in [6.07, 6.45) is -3.15. The smallest absolute Gasteiger partial charge is 0.478 e. The van der Waals surface area contributed by atoms with E-state index in [1.54, 1.807) is 18.2 Å². The largest absolute Gasteiger partial charge is 0.490 e. The van der Waals surface area contributed by atoms with Crippen molar-refractivity contribution in [3.8, 4) is 0 Å².